The summed E-state index contributed by atoms with van der Waals surface area (Å²) in [6, 6.07) is 11.1. The Bertz CT molecular complexity index is 866. The molecule has 126 valence electrons. The summed E-state index contributed by atoms with van der Waals surface area (Å²) in [6.45, 7) is 2.03. The maximum atomic E-state index is 12.9. The Morgan fingerprint density at radius 3 is 2.54 bits per heavy atom. The maximum Gasteiger partial charge on any atom is 0.244 e. The largest absolute Gasteiger partial charge is 0.310 e. The normalized spacial score (nSPS) is 15.2. The highest BCUT2D eigenvalue weighted by atomic mass is 32.2. The Morgan fingerprint density at radius 1 is 1.17 bits per heavy atom. The number of benzene rings is 2. The van der Waals surface area contributed by atoms with Gasteiger partial charge in [0, 0.05) is 12.2 Å². The van der Waals surface area contributed by atoms with Gasteiger partial charge in [0.1, 0.15) is 5.82 Å². The average Bonchev–Trinajstić information content (AvgIpc) is 2.98. The highest BCUT2D eigenvalue weighted by molar-refractivity contribution is 7.89. The summed E-state index contributed by atoms with van der Waals surface area (Å²) in [4.78, 5) is 14.1. The SMILES string of the molecule is C[C@H](NS(=O)(=O)c1ccc(F)cc1)C(=O)N1CCc2ccccc21. The smallest absolute Gasteiger partial charge is 0.244 e. The third-order valence-electron chi connectivity index (χ3n) is 3.98. The van der Waals surface area contributed by atoms with E-state index < -0.39 is 21.9 Å². The molecule has 1 aliphatic heterocycles. The van der Waals surface area contributed by atoms with Crippen LogP contribution in [0.3, 0.4) is 0 Å². The molecule has 1 atom stereocenters. The number of sulfonamides is 1. The van der Waals surface area contributed by atoms with Gasteiger partial charge in [0.05, 0.1) is 10.9 Å². The van der Waals surface area contributed by atoms with E-state index in [1.165, 1.54) is 19.1 Å². The topological polar surface area (TPSA) is 66.5 Å². The number of hydrogen-bond donors (Lipinski definition) is 1. The molecule has 2 aromatic carbocycles. The zero-order valence-corrected chi connectivity index (χ0v) is 13.9. The van der Waals surface area contributed by atoms with Crippen molar-refractivity contribution in [1.82, 2.24) is 4.72 Å². The van der Waals surface area contributed by atoms with E-state index in [2.05, 4.69) is 4.72 Å². The van der Waals surface area contributed by atoms with Gasteiger partial charge in [-0.1, -0.05) is 18.2 Å². The minimum atomic E-state index is -3.89. The summed E-state index contributed by atoms with van der Waals surface area (Å²) in [5.74, 6) is -0.836. The van der Waals surface area contributed by atoms with Crippen molar-refractivity contribution in [3.63, 3.8) is 0 Å². The van der Waals surface area contributed by atoms with Gasteiger partial charge < -0.3 is 4.90 Å². The molecule has 7 heteroatoms. The van der Waals surface area contributed by atoms with Gasteiger partial charge >= 0.3 is 0 Å². The highest BCUT2D eigenvalue weighted by Crippen LogP contribution is 2.28. The average molecular weight is 348 g/mol. The first-order valence-corrected chi connectivity index (χ1v) is 9.04. The molecule has 1 amide bonds. The zero-order chi connectivity index (χ0) is 17.3. The molecule has 24 heavy (non-hydrogen) atoms. The second kappa shape index (κ2) is 6.33. The number of fused-ring (bicyclic) bond motifs is 1. The monoisotopic (exact) mass is 348 g/mol. The summed E-state index contributed by atoms with van der Waals surface area (Å²) in [6.07, 6.45) is 0.749. The standard InChI is InChI=1S/C17H17FN2O3S/c1-12(19-24(22,23)15-8-6-14(18)7-9-15)17(21)20-11-10-13-4-2-3-5-16(13)20/h2-9,12,19H,10-11H2,1H3/t12-/m0/s1. The van der Waals surface area contributed by atoms with E-state index in [-0.39, 0.29) is 10.8 Å². The predicted molar refractivity (Wildman–Crippen MR) is 88.7 cm³/mol. The van der Waals surface area contributed by atoms with Gasteiger partial charge in [-0.05, 0) is 49.2 Å². The molecule has 0 aliphatic carbocycles. The number of nitrogens with one attached hydrogen (secondary N) is 1. The van der Waals surface area contributed by atoms with Crippen LogP contribution in [-0.2, 0) is 21.2 Å². The second-order valence-corrected chi connectivity index (χ2v) is 7.38. The van der Waals surface area contributed by atoms with E-state index in [0.29, 0.717) is 6.54 Å². The second-order valence-electron chi connectivity index (χ2n) is 5.67. The summed E-state index contributed by atoms with van der Waals surface area (Å²) in [7, 11) is -3.89. The van der Waals surface area contributed by atoms with Crippen molar-refractivity contribution in [1.29, 1.82) is 0 Å². The summed E-state index contributed by atoms with van der Waals surface area (Å²) in [5, 5.41) is 0. The van der Waals surface area contributed by atoms with Gasteiger partial charge in [-0.3, -0.25) is 4.79 Å². The first-order valence-electron chi connectivity index (χ1n) is 7.56. The van der Waals surface area contributed by atoms with Crippen LogP contribution >= 0.6 is 0 Å². The van der Waals surface area contributed by atoms with E-state index in [0.717, 1.165) is 29.8 Å². The molecule has 0 fully saturated rings. The van der Waals surface area contributed by atoms with Crippen LogP contribution in [0.25, 0.3) is 0 Å². The van der Waals surface area contributed by atoms with Crippen LogP contribution in [-0.4, -0.2) is 26.9 Å². The van der Waals surface area contributed by atoms with Gasteiger partial charge in [-0.25, -0.2) is 12.8 Å². The van der Waals surface area contributed by atoms with Crippen LogP contribution < -0.4 is 9.62 Å². The summed E-state index contributed by atoms with van der Waals surface area (Å²) >= 11 is 0. The molecule has 0 radical (unpaired) electrons. The highest BCUT2D eigenvalue weighted by Gasteiger charge is 2.30. The van der Waals surface area contributed by atoms with Gasteiger partial charge in [0.15, 0.2) is 0 Å². The first kappa shape index (κ1) is 16.6. The number of halogens is 1. The lowest BCUT2D eigenvalue weighted by Crippen LogP contribution is -2.46. The number of carbonyl (C=O) groups is 1. The molecule has 3 rings (SSSR count). The van der Waals surface area contributed by atoms with Crippen molar-refractivity contribution < 1.29 is 17.6 Å². The number of para-hydroxylation sites is 1. The molecule has 0 spiro atoms. The van der Waals surface area contributed by atoms with Crippen LogP contribution in [0, 0.1) is 5.82 Å². The quantitative estimate of drug-likeness (QED) is 0.920. The number of carbonyl (C=O) groups excluding carboxylic acids is 1. The Morgan fingerprint density at radius 2 is 1.83 bits per heavy atom. The number of nitrogens with zero attached hydrogens (tertiary/aromatic N) is 1. The summed E-state index contributed by atoms with van der Waals surface area (Å²) < 4.78 is 39.9. The zero-order valence-electron chi connectivity index (χ0n) is 13.1. The Kier molecular flexibility index (Phi) is 4.38. The first-order chi connectivity index (χ1) is 11.4. The van der Waals surface area contributed by atoms with Crippen molar-refractivity contribution in [2.24, 2.45) is 0 Å². The van der Waals surface area contributed by atoms with Crippen molar-refractivity contribution in [3.05, 3.63) is 59.9 Å². The number of amides is 1. The maximum absolute atomic E-state index is 12.9. The van der Waals surface area contributed by atoms with Gasteiger partial charge in [0.2, 0.25) is 15.9 Å². The molecule has 0 saturated carbocycles. The molecular formula is C17H17FN2O3S. The minimum Gasteiger partial charge on any atom is -0.310 e. The Labute approximate surface area is 140 Å². The molecular weight excluding hydrogens is 331 g/mol. The fraction of sp³-hybridized carbons (Fsp3) is 0.235. The third kappa shape index (κ3) is 3.18. The molecule has 0 aromatic heterocycles. The molecule has 1 aliphatic rings. The fourth-order valence-electron chi connectivity index (χ4n) is 2.77. The lowest BCUT2D eigenvalue weighted by Gasteiger charge is -2.22. The van der Waals surface area contributed by atoms with Crippen LogP contribution in [0.1, 0.15) is 12.5 Å². The van der Waals surface area contributed by atoms with Crippen LogP contribution in [0.15, 0.2) is 53.4 Å². The predicted octanol–water partition coefficient (Wildman–Crippen LogP) is 2.08. The van der Waals surface area contributed by atoms with Crippen LogP contribution in [0.4, 0.5) is 10.1 Å². The van der Waals surface area contributed by atoms with E-state index in [9.17, 15) is 17.6 Å². The van der Waals surface area contributed by atoms with Gasteiger partial charge in [-0.2, -0.15) is 4.72 Å². The molecule has 1 heterocycles. The number of hydrogen-bond acceptors (Lipinski definition) is 3. The minimum absolute atomic E-state index is 0.0784. The molecule has 2 aromatic rings. The van der Waals surface area contributed by atoms with Crippen molar-refractivity contribution in [2.75, 3.05) is 11.4 Å². The van der Waals surface area contributed by atoms with E-state index in [1.54, 1.807) is 4.90 Å². The van der Waals surface area contributed by atoms with E-state index in [1.807, 2.05) is 24.3 Å². The van der Waals surface area contributed by atoms with Crippen molar-refractivity contribution >= 4 is 21.6 Å². The van der Waals surface area contributed by atoms with Crippen LogP contribution in [0.2, 0.25) is 0 Å². The van der Waals surface area contributed by atoms with E-state index in [4.69, 9.17) is 0 Å². The molecule has 0 bridgehead atoms. The van der Waals surface area contributed by atoms with E-state index >= 15 is 0 Å². The van der Waals surface area contributed by atoms with Gasteiger partial charge in [-0.15, -0.1) is 0 Å². The molecule has 5 nitrogen and oxygen atoms in total. The Hall–Kier alpha value is -2.25. The summed E-state index contributed by atoms with van der Waals surface area (Å²) in [5.41, 5.74) is 1.88. The number of anilines is 1. The molecule has 0 unspecified atom stereocenters. The number of rotatable bonds is 4. The van der Waals surface area contributed by atoms with Crippen molar-refractivity contribution in [3.8, 4) is 0 Å². The molecule has 1 N–H and O–H groups in total. The Balaban J connectivity index is 1.76. The van der Waals surface area contributed by atoms with Crippen LogP contribution in [0.5, 0.6) is 0 Å². The lowest BCUT2D eigenvalue weighted by molar-refractivity contribution is -0.119. The fourth-order valence-corrected chi connectivity index (χ4v) is 3.96. The lowest BCUT2D eigenvalue weighted by atomic mass is 10.2. The van der Waals surface area contributed by atoms with Gasteiger partial charge in [0.25, 0.3) is 0 Å². The van der Waals surface area contributed by atoms with Crippen molar-refractivity contribution in [2.45, 2.75) is 24.3 Å². The third-order valence-corrected chi connectivity index (χ3v) is 5.54. The molecule has 0 saturated heterocycles.